The van der Waals surface area contributed by atoms with E-state index in [0.29, 0.717) is 19.7 Å². The number of rotatable bonds is 3. The maximum absolute atomic E-state index is 12.7. The smallest absolute Gasteiger partial charge is 0.306 e. The van der Waals surface area contributed by atoms with Crippen molar-refractivity contribution in [3.63, 3.8) is 0 Å². The van der Waals surface area contributed by atoms with Crippen LogP contribution in [0, 0.1) is 0 Å². The quantitative estimate of drug-likeness (QED) is 0.918. The lowest BCUT2D eigenvalue weighted by Gasteiger charge is -2.34. The molecule has 2 atom stereocenters. The molecule has 2 unspecified atom stereocenters. The normalized spacial score (nSPS) is 24.7. The molecule has 5 nitrogen and oxygen atoms in total. The van der Waals surface area contributed by atoms with Crippen LogP contribution in [0.15, 0.2) is 29.2 Å². The van der Waals surface area contributed by atoms with Gasteiger partial charge in [0.1, 0.15) is 0 Å². The second kappa shape index (κ2) is 6.07. The Morgan fingerprint density at radius 3 is 3.00 bits per heavy atom. The Morgan fingerprint density at radius 2 is 2.19 bits per heavy atom. The van der Waals surface area contributed by atoms with Crippen molar-refractivity contribution >= 4 is 23.6 Å². The van der Waals surface area contributed by atoms with Crippen molar-refractivity contribution in [3.05, 3.63) is 29.8 Å². The molecule has 2 heterocycles. The fraction of sp³-hybridized carbons (Fsp3) is 0.467. The lowest BCUT2D eigenvalue weighted by Crippen LogP contribution is -2.48. The van der Waals surface area contributed by atoms with Gasteiger partial charge >= 0.3 is 5.97 Å². The molecule has 1 fully saturated rings. The second-order valence-corrected chi connectivity index (χ2v) is 6.34. The molecule has 0 spiro atoms. The van der Waals surface area contributed by atoms with E-state index in [1.807, 2.05) is 24.3 Å². The summed E-state index contributed by atoms with van der Waals surface area (Å²) in [7, 11) is 0. The van der Waals surface area contributed by atoms with Crippen LogP contribution in [0.4, 0.5) is 0 Å². The van der Waals surface area contributed by atoms with Gasteiger partial charge in [0, 0.05) is 23.7 Å². The van der Waals surface area contributed by atoms with Crippen LogP contribution in [0.5, 0.6) is 0 Å². The summed E-state index contributed by atoms with van der Waals surface area (Å²) in [4.78, 5) is 26.4. The van der Waals surface area contributed by atoms with Crippen LogP contribution >= 0.6 is 11.8 Å². The van der Waals surface area contributed by atoms with Gasteiger partial charge < -0.3 is 14.7 Å². The average Bonchev–Trinajstić information content (AvgIpc) is 2.90. The van der Waals surface area contributed by atoms with E-state index in [1.165, 1.54) is 4.90 Å². The number of amides is 1. The maximum atomic E-state index is 12.7. The summed E-state index contributed by atoms with van der Waals surface area (Å²) >= 11 is 1.71. The van der Waals surface area contributed by atoms with Gasteiger partial charge in [-0.25, -0.2) is 0 Å². The maximum Gasteiger partial charge on any atom is 0.306 e. The molecule has 0 aliphatic carbocycles. The van der Waals surface area contributed by atoms with E-state index in [2.05, 4.69) is 0 Å². The number of morpholine rings is 1. The van der Waals surface area contributed by atoms with Crippen molar-refractivity contribution in [3.8, 4) is 0 Å². The van der Waals surface area contributed by atoms with Gasteiger partial charge in [0.2, 0.25) is 5.91 Å². The summed E-state index contributed by atoms with van der Waals surface area (Å²) in [5.41, 5.74) is 1.09. The first-order valence-corrected chi connectivity index (χ1v) is 7.97. The number of carbonyl (C=O) groups is 2. The number of carboxylic acid groups (broad SMARTS) is 1. The zero-order valence-corrected chi connectivity index (χ0v) is 12.3. The van der Waals surface area contributed by atoms with E-state index in [0.717, 1.165) is 11.3 Å². The summed E-state index contributed by atoms with van der Waals surface area (Å²) in [5.74, 6) is -0.156. The molecule has 2 aliphatic heterocycles. The number of fused-ring (bicyclic) bond motifs is 1. The average molecular weight is 307 g/mol. The van der Waals surface area contributed by atoms with E-state index in [1.54, 1.807) is 16.7 Å². The van der Waals surface area contributed by atoms with Crippen molar-refractivity contribution in [1.29, 1.82) is 0 Å². The largest absolute Gasteiger partial charge is 0.481 e. The summed E-state index contributed by atoms with van der Waals surface area (Å²) in [6, 6.07) is 7.99. The highest BCUT2D eigenvalue weighted by Crippen LogP contribution is 2.40. The first-order chi connectivity index (χ1) is 10.1. The molecule has 1 amide bonds. The van der Waals surface area contributed by atoms with Crippen LogP contribution in [0.25, 0.3) is 0 Å². The molecule has 6 heteroatoms. The van der Waals surface area contributed by atoms with E-state index in [-0.39, 0.29) is 18.2 Å². The number of carbonyl (C=O) groups excluding carboxylic acids is 1. The van der Waals surface area contributed by atoms with Crippen LogP contribution < -0.4 is 0 Å². The predicted molar refractivity (Wildman–Crippen MR) is 78.5 cm³/mol. The fourth-order valence-corrected chi connectivity index (χ4v) is 4.05. The number of ether oxygens (including phenoxy) is 1. The topological polar surface area (TPSA) is 66.8 Å². The third kappa shape index (κ3) is 3.06. The summed E-state index contributed by atoms with van der Waals surface area (Å²) in [5, 5.41) is 8.85. The molecule has 2 aliphatic rings. The van der Waals surface area contributed by atoms with Gasteiger partial charge in [-0.15, -0.1) is 11.8 Å². The lowest BCUT2D eigenvalue weighted by atomic mass is 9.99. The third-order valence-corrected chi connectivity index (χ3v) is 5.03. The molecule has 112 valence electrons. The Labute approximate surface area is 127 Å². The summed E-state index contributed by atoms with van der Waals surface area (Å²) in [6.45, 7) is 1.32. The number of benzene rings is 1. The monoisotopic (exact) mass is 307 g/mol. The van der Waals surface area contributed by atoms with Gasteiger partial charge in [-0.3, -0.25) is 9.59 Å². The second-order valence-electron chi connectivity index (χ2n) is 5.28. The molecule has 0 saturated carbocycles. The zero-order chi connectivity index (χ0) is 14.8. The minimum atomic E-state index is -0.893. The highest BCUT2D eigenvalue weighted by atomic mass is 32.2. The zero-order valence-electron chi connectivity index (χ0n) is 11.5. The number of aliphatic carboxylic acids is 1. The predicted octanol–water partition coefficient (Wildman–Crippen LogP) is 1.58. The Morgan fingerprint density at radius 1 is 1.38 bits per heavy atom. The van der Waals surface area contributed by atoms with E-state index >= 15 is 0 Å². The molecule has 21 heavy (non-hydrogen) atoms. The molecule has 1 aromatic rings. The molecular formula is C15H17NO4S. The number of hydrogen-bond donors (Lipinski definition) is 1. The first-order valence-electron chi connectivity index (χ1n) is 6.99. The van der Waals surface area contributed by atoms with Crippen LogP contribution in [0.2, 0.25) is 0 Å². The molecule has 3 rings (SSSR count). The number of carboxylic acids is 1. The van der Waals surface area contributed by atoms with Crippen molar-refractivity contribution in [1.82, 2.24) is 4.90 Å². The lowest BCUT2D eigenvalue weighted by molar-refractivity contribution is -0.148. The van der Waals surface area contributed by atoms with Crippen LogP contribution in [0.1, 0.15) is 17.9 Å². The van der Waals surface area contributed by atoms with Gasteiger partial charge in [0.15, 0.2) is 0 Å². The summed E-state index contributed by atoms with van der Waals surface area (Å²) in [6.07, 6.45) is -0.454. The number of nitrogens with zero attached hydrogens (tertiary/aromatic N) is 1. The highest BCUT2D eigenvalue weighted by molar-refractivity contribution is 7.99. The Hall–Kier alpha value is -1.53. The minimum Gasteiger partial charge on any atom is -0.481 e. The van der Waals surface area contributed by atoms with Crippen molar-refractivity contribution in [2.45, 2.75) is 23.3 Å². The van der Waals surface area contributed by atoms with Crippen LogP contribution in [-0.2, 0) is 14.3 Å². The first kappa shape index (κ1) is 14.4. The molecule has 1 N–H and O–H groups in total. The van der Waals surface area contributed by atoms with Crippen LogP contribution in [0.3, 0.4) is 0 Å². The van der Waals surface area contributed by atoms with Gasteiger partial charge in [-0.05, 0) is 11.6 Å². The van der Waals surface area contributed by atoms with E-state index in [4.69, 9.17) is 9.84 Å². The Balaban J connectivity index is 1.70. The third-order valence-electron chi connectivity index (χ3n) is 3.85. The molecular weight excluding hydrogens is 290 g/mol. The van der Waals surface area contributed by atoms with Crippen LogP contribution in [-0.4, -0.2) is 53.4 Å². The molecule has 0 bridgehead atoms. The number of hydrogen-bond acceptors (Lipinski definition) is 4. The van der Waals surface area contributed by atoms with Gasteiger partial charge in [-0.2, -0.15) is 0 Å². The highest BCUT2D eigenvalue weighted by Gasteiger charge is 2.34. The van der Waals surface area contributed by atoms with Gasteiger partial charge in [0.05, 0.1) is 25.0 Å². The SMILES string of the molecule is O=C(O)CC1CN(C(=O)C2CSc3ccccc32)CCO1. The standard InChI is InChI=1S/C15H17NO4S/c17-14(18)7-10-8-16(5-6-20-10)15(19)12-9-21-13-4-2-1-3-11(12)13/h1-4,10,12H,5-9H2,(H,17,18). The molecule has 1 saturated heterocycles. The van der Waals surface area contributed by atoms with Crippen molar-refractivity contribution in [2.75, 3.05) is 25.4 Å². The van der Waals surface area contributed by atoms with E-state index < -0.39 is 12.1 Å². The van der Waals surface area contributed by atoms with Gasteiger partial charge in [0.25, 0.3) is 0 Å². The Bertz CT molecular complexity index is 562. The Kier molecular flexibility index (Phi) is 4.17. The van der Waals surface area contributed by atoms with Gasteiger partial charge in [-0.1, -0.05) is 18.2 Å². The molecule has 0 radical (unpaired) electrons. The number of thioether (sulfide) groups is 1. The molecule has 1 aromatic carbocycles. The minimum absolute atomic E-state index is 0.0558. The summed E-state index contributed by atoms with van der Waals surface area (Å²) < 4.78 is 5.42. The molecule has 0 aromatic heterocycles. The van der Waals surface area contributed by atoms with E-state index in [9.17, 15) is 9.59 Å². The van der Waals surface area contributed by atoms with Crippen molar-refractivity contribution in [2.24, 2.45) is 0 Å². The fourth-order valence-electron chi connectivity index (χ4n) is 2.83. The van der Waals surface area contributed by atoms with Crippen molar-refractivity contribution < 1.29 is 19.4 Å².